The third-order valence-corrected chi connectivity index (χ3v) is 1.19. The smallest absolute Gasteiger partial charge is 0.222 e. The summed E-state index contributed by atoms with van der Waals surface area (Å²) in [5.41, 5.74) is 0. The molecule has 0 unspecified atom stereocenters. The van der Waals surface area contributed by atoms with E-state index in [1.807, 2.05) is 0 Å². The molecule has 12 heavy (non-hydrogen) atoms. The zero-order valence-corrected chi connectivity index (χ0v) is 7.16. The minimum Gasteiger partial charge on any atom is -0.357 e. The molecule has 1 amide bonds. The van der Waals surface area contributed by atoms with E-state index in [1.54, 1.807) is 19.0 Å². The topological polar surface area (TPSA) is 71.3 Å². The molecular formula is C6H10N4O2. The Morgan fingerprint density at radius 1 is 1.50 bits per heavy atom. The van der Waals surface area contributed by atoms with Crippen LogP contribution in [-0.4, -0.2) is 30.3 Å². The Balaban J connectivity index is 2.84. The molecule has 0 aromatic carbocycles. The molecule has 0 atom stereocenters. The first-order valence-electron chi connectivity index (χ1n) is 3.38. The second-order valence-electron chi connectivity index (χ2n) is 2.51. The van der Waals surface area contributed by atoms with Crippen LogP contribution in [0.2, 0.25) is 0 Å². The van der Waals surface area contributed by atoms with Crippen molar-refractivity contribution in [3.05, 3.63) is 0 Å². The first-order chi connectivity index (χ1) is 5.61. The summed E-state index contributed by atoms with van der Waals surface area (Å²) < 4.78 is 4.45. The van der Waals surface area contributed by atoms with Gasteiger partial charge in [0, 0.05) is 21.0 Å². The summed E-state index contributed by atoms with van der Waals surface area (Å²) in [6.45, 7) is 1.40. The number of hydrogen-bond acceptors (Lipinski definition) is 5. The molecule has 0 radical (unpaired) electrons. The van der Waals surface area contributed by atoms with E-state index < -0.39 is 0 Å². The predicted octanol–water partition coefficient (Wildman–Crippen LogP) is 0.0940. The number of anilines is 2. The quantitative estimate of drug-likeness (QED) is 0.681. The van der Waals surface area contributed by atoms with E-state index in [4.69, 9.17) is 0 Å². The van der Waals surface area contributed by atoms with Gasteiger partial charge in [0.15, 0.2) is 0 Å². The average Bonchev–Trinajstić information content (AvgIpc) is 2.33. The number of rotatable bonds is 2. The van der Waals surface area contributed by atoms with Crippen molar-refractivity contribution in [3.63, 3.8) is 0 Å². The van der Waals surface area contributed by atoms with E-state index in [-0.39, 0.29) is 5.91 Å². The second kappa shape index (κ2) is 3.21. The molecule has 0 aliphatic heterocycles. The van der Waals surface area contributed by atoms with Gasteiger partial charge in [0.25, 0.3) is 0 Å². The largest absolute Gasteiger partial charge is 0.357 e. The van der Waals surface area contributed by atoms with Crippen molar-refractivity contribution < 1.29 is 9.42 Å². The highest BCUT2D eigenvalue weighted by Crippen LogP contribution is 2.17. The van der Waals surface area contributed by atoms with Crippen LogP contribution in [0.15, 0.2) is 4.63 Å². The van der Waals surface area contributed by atoms with E-state index >= 15 is 0 Å². The molecule has 1 aromatic heterocycles. The molecular weight excluding hydrogens is 160 g/mol. The second-order valence-corrected chi connectivity index (χ2v) is 2.51. The highest BCUT2D eigenvalue weighted by molar-refractivity contribution is 5.90. The fourth-order valence-corrected chi connectivity index (χ4v) is 0.723. The van der Waals surface area contributed by atoms with Crippen molar-refractivity contribution in [3.8, 4) is 0 Å². The Kier molecular flexibility index (Phi) is 2.27. The first kappa shape index (κ1) is 8.51. The molecule has 1 rings (SSSR count). The zero-order valence-electron chi connectivity index (χ0n) is 7.16. The lowest BCUT2D eigenvalue weighted by Gasteiger charge is -2.07. The van der Waals surface area contributed by atoms with Crippen LogP contribution in [0.1, 0.15) is 6.92 Å². The maximum absolute atomic E-state index is 10.6. The van der Waals surface area contributed by atoms with Gasteiger partial charge in [0.2, 0.25) is 17.5 Å². The maximum Gasteiger partial charge on any atom is 0.222 e. The molecule has 0 bridgehead atoms. The molecule has 0 aliphatic carbocycles. The summed E-state index contributed by atoms with van der Waals surface area (Å²) in [6, 6.07) is 0. The van der Waals surface area contributed by atoms with Gasteiger partial charge in [-0.3, -0.25) is 4.79 Å². The van der Waals surface area contributed by atoms with E-state index in [9.17, 15) is 4.79 Å². The van der Waals surface area contributed by atoms with Crippen LogP contribution in [0.25, 0.3) is 0 Å². The third-order valence-electron chi connectivity index (χ3n) is 1.19. The van der Waals surface area contributed by atoms with Gasteiger partial charge in [0.05, 0.1) is 0 Å². The van der Waals surface area contributed by atoms with Crippen LogP contribution in [0.5, 0.6) is 0 Å². The number of amides is 1. The van der Waals surface area contributed by atoms with Gasteiger partial charge in [-0.25, -0.2) is 4.63 Å². The Morgan fingerprint density at radius 2 is 2.17 bits per heavy atom. The van der Waals surface area contributed by atoms with Crippen molar-refractivity contribution in [2.24, 2.45) is 0 Å². The first-order valence-corrected chi connectivity index (χ1v) is 3.38. The summed E-state index contributed by atoms with van der Waals surface area (Å²) in [5.74, 6) is 0.645. The Bertz CT molecular complexity index is 281. The average molecular weight is 170 g/mol. The van der Waals surface area contributed by atoms with Gasteiger partial charge in [0.1, 0.15) is 0 Å². The van der Waals surface area contributed by atoms with E-state index in [0.29, 0.717) is 11.6 Å². The fraction of sp³-hybridized carbons (Fsp3) is 0.500. The van der Waals surface area contributed by atoms with E-state index in [2.05, 4.69) is 20.3 Å². The molecule has 0 saturated heterocycles. The molecule has 1 heterocycles. The van der Waals surface area contributed by atoms with Crippen LogP contribution in [0.3, 0.4) is 0 Å². The number of carbonyl (C=O) groups excluding carboxylic acids is 1. The van der Waals surface area contributed by atoms with Crippen LogP contribution in [-0.2, 0) is 4.79 Å². The lowest BCUT2D eigenvalue weighted by atomic mass is 10.5. The molecule has 0 spiro atoms. The van der Waals surface area contributed by atoms with Crippen molar-refractivity contribution in [2.45, 2.75) is 6.92 Å². The fourth-order valence-electron chi connectivity index (χ4n) is 0.723. The minimum absolute atomic E-state index is 0.200. The van der Waals surface area contributed by atoms with Gasteiger partial charge in [-0.1, -0.05) is 0 Å². The van der Waals surface area contributed by atoms with Gasteiger partial charge < -0.3 is 10.2 Å². The van der Waals surface area contributed by atoms with Crippen LogP contribution in [0, 0.1) is 0 Å². The predicted molar refractivity (Wildman–Crippen MR) is 42.9 cm³/mol. The lowest BCUT2D eigenvalue weighted by molar-refractivity contribution is -0.114. The number of nitrogens with one attached hydrogen (secondary N) is 1. The maximum atomic E-state index is 10.6. The normalized spacial score (nSPS) is 9.58. The lowest BCUT2D eigenvalue weighted by Crippen LogP contribution is -2.14. The zero-order chi connectivity index (χ0) is 9.14. The van der Waals surface area contributed by atoms with E-state index in [1.165, 1.54) is 6.92 Å². The highest BCUT2D eigenvalue weighted by Gasteiger charge is 2.11. The Labute approximate surface area is 69.5 Å². The summed E-state index contributed by atoms with van der Waals surface area (Å²) >= 11 is 0. The van der Waals surface area contributed by atoms with Crippen LogP contribution in [0.4, 0.5) is 11.6 Å². The third kappa shape index (κ3) is 1.71. The number of nitrogens with zero attached hydrogens (tertiary/aromatic N) is 3. The molecule has 0 saturated carbocycles. The number of aromatic nitrogens is 2. The molecule has 0 aliphatic rings. The summed E-state index contributed by atoms with van der Waals surface area (Å²) in [4.78, 5) is 12.3. The van der Waals surface area contributed by atoms with Gasteiger partial charge in [-0.05, 0) is 10.3 Å². The van der Waals surface area contributed by atoms with Crippen molar-refractivity contribution in [1.29, 1.82) is 0 Å². The minimum atomic E-state index is -0.200. The monoisotopic (exact) mass is 170 g/mol. The number of carbonyl (C=O) groups is 1. The SMILES string of the molecule is CC(=O)Nc1nonc1N(C)C. The van der Waals surface area contributed by atoms with Crippen molar-refractivity contribution in [1.82, 2.24) is 10.3 Å². The van der Waals surface area contributed by atoms with Crippen molar-refractivity contribution in [2.75, 3.05) is 24.3 Å². The summed E-state index contributed by atoms with van der Waals surface area (Å²) in [5, 5.41) is 9.60. The summed E-state index contributed by atoms with van der Waals surface area (Å²) in [7, 11) is 3.57. The summed E-state index contributed by atoms with van der Waals surface area (Å²) in [6.07, 6.45) is 0. The number of hydrogen-bond donors (Lipinski definition) is 1. The van der Waals surface area contributed by atoms with Crippen LogP contribution < -0.4 is 10.2 Å². The van der Waals surface area contributed by atoms with E-state index in [0.717, 1.165) is 0 Å². The standard InChI is InChI=1S/C6H10N4O2/c1-4(11)7-5-6(10(2)3)9-12-8-5/h1-3H3,(H,7,8,11). The molecule has 66 valence electrons. The highest BCUT2D eigenvalue weighted by atomic mass is 16.6. The van der Waals surface area contributed by atoms with Gasteiger partial charge in [-0.2, -0.15) is 0 Å². The van der Waals surface area contributed by atoms with Gasteiger partial charge in [-0.15, -0.1) is 0 Å². The molecule has 1 aromatic rings. The van der Waals surface area contributed by atoms with Crippen molar-refractivity contribution >= 4 is 17.5 Å². The molecule has 0 fully saturated rings. The Morgan fingerprint density at radius 3 is 2.67 bits per heavy atom. The molecule has 6 nitrogen and oxygen atoms in total. The molecule has 6 heteroatoms. The van der Waals surface area contributed by atoms with Crippen LogP contribution >= 0.6 is 0 Å². The molecule has 1 N–H and O–H groups in total. The van der Waals surface area contributed by atoms with Gasteiger partial charge >= 0.3 is 0 Å². The Hall–Kier alpha value is -1.59.